The first-order chi connectivity index (χ1) is 10.1. The van der Waals surface area contributed by atoms with Gasteiger partial charge < -0.3 is 15.5 Å². The third-order valence-electron chi connectivity index (χ3n) is 2.67. The minimum atomic E-state index is -0.284. The van der Waals surface area contributed by atoms with Gasteiger partial charge in [0, 0.05) is 11.9 Å². The maximum Gasteiger partial charge on any atom is 0.259 e. The monoisotopic (exact) mass is 286 g/mol. The summed E-state index contributed by atoms with van der Waals surface area (Å²) in [6.45, 7) is 3.92. The van der Waals surface area contributed by atoms with E-state index in [1.54, 1.807) is 42.6 Å². The first-order valence-corrected chi connectivity index (χ1v) is 6.60. The summed E-state index contributed by atoms with van der Waals surface area (Å²) in [6.07, 6.45) is 1.67. The Bertz CT molecular complexity index is 611. The van der Waals surface area contributed by atoms with Crippen molar-refractivity contribution in [2.75, 3.05) is 10.7 Å². The second-order valence-corrected chi connectivity index (χ2v) is 4.69. The molecule has 4 N–H and O–H groups in total. The summed E-state index contributed by atoms with van der Waals surface area (Å²) in [7, 11) is 0. The molecule has 1 aromatic heterocycles. The smallest absolute Gasteiger partial charge is 0.259 e. The number of nitrogen functional groups attached to an aromatic ring is 1. The average Bonchev–Trinajstić information content (AvgIpc) is 2.48. The molecular formula is C15H18N4O2. The number of amides is 1. The van der Waals surface area contributed by atoms with Crippen molar-refractivity contribution in [1.82, 2.24) is 4.98 Å². The van der Waals surface area contributed by atoms with Crippen molar-refractivity contribution in [1.29, 1.82) is 0 Å². The average molecular weight is 286 g/mol. The molecule has 0 aliphatic heterocycles. The molecule has 2 rings (SSSR count). The highest BCUT2D eigenvalue weighted by Crippen LogP contribution is 2.18. The van der Waals surface area contributed by atoms with Crippen molar-refractivity contribution >= 4 is 17.4 Å². The molecule has 0 radical (unpaired) electrons. The number of ether oxygens (including phenoxy) is 1. The van der Waals surface area contributed by atoms with Crippen LogP contribution in [0.3, 0.4) is 0 Å². The number of nitrogens with two attached hydrogens (primary N) is 1. The molecule has 6 heteroatoms. The van der Waals surface area contributed by atoms with E-state index in [9.17, 15) is 4.79 Å². The Kier molecular flexibility index (Phi) is 4.73. The predicted octanol–water partition coefficient (Wildman–Crippen LogP) is 2.41. The fourth-order valence-electron chi connectivity index (χ4n) is 1.79. The molecule has 0 atom stereocenters. The molecule has 0 fully saturated rings. The van der Waals surface area contributed by atoms with E-state index in [0.717, 1.165) is 5.75 Å². The van der Waals surface area contributed by atoms with Crippen LogP contribution in [0.2, 0.25) is 0 Å². The number of carbonyl (C=O) groups excluding carboxylic acids is 1. The van der Waals surface area contributed by atoms with Crippen LogP contribution in [-0.4, -0.2) is 17.0 Å². The zero-order valence-electron chi connectivity index (χ0n) is 12.0. The number of aromatic nitrogens is 1. The molecule has 0 aliphatic rings. The van der Waals surface area contributed by atoms with Crippen LogP contribution in [0.1, 0.15) is 24.2 Å². The molecule has 1 aromatic carbocycles. The Balaban J connectivity index is 2.09. The van der Waals surface area contributed by atoms with Gasteiger partial charge in [-0.2, -0.15) is 0 Å². The van der Waals surface area contributed by atoms with Gasteiger partial charge in [-0.15, -0.1) is 0 Å². The first-order valence-electron chi connectivity index (χ1n) is 6.60. The highest BCUT2D eigenvalue weighted by atomic mass is 16.5. The molecule has 0 saturated heterocycles. The van der Waals surface area contributed by atoms with Crippen molar-refractivity contribution in [3.05, 3.63) is 48.2 Å². The van der Waals surface area contributed by atoms with Crippen LogP contribution in [0.4, 0.5) is 11.5 Å². The van der Waals surface area contributed by atoms with E-state index in [2.05, 4.69) is 15.7 Å². The van der Waals surface area contributed by atoms with Gasteiger partial charge in [-0.25, -0.2) is 10.8 Å². The molecule has 0 spiro atoms. The number of nitrogens with zero attached hydrogens (tertiary/aromatic N) is 1. The molecule has 2 aromatic rings. The Morgan fingerprint density at radius 1 is 1.24 bits per heavy atom. The Hall–Kier alpha value is -2.60. The number of benzene rings is 1. The van der Waals surface area contributed by atoms with Crippen LogP contribution in [0.5, 0.6) is 5.75 Å². The van der Waals surface area contributed by atoms with E-state index in [4.69, 9.17) is 10.6 Å². The number of hydrogen-bond donors (Lipinski definition) is 3. The molecule has 1 amide bonds. The van der Waals surface area contributed by atoms with Crippen LogP contribution in [0.25, 0.3) is 0 Å². The van der Waals surface area contributed by atoms with Crippen molar-refractivity contribution in [3.8, 4) is 5.75 Å². The van der Waals surface area contributed by atoms with E-state index in [-0.39, 0.29) is 12.0 Å². The second-order valence-electron chi connectivity index (χ2n) is 4.69. The van der Waals surface area contributed by atoms with Gasteiger partial charge in [0.25, 0.3) is 5.91 Å². The highest BCUT2D eigenvalue weighted by Gasteiger charge is 2.11. The number of hydrogen-bond acceptors (Lipinski definition) is 5. The van der Waals surface area contributed by atoms with Crippen molar-refractivity contribution in [3.63, 3.8) is 0 Å². The topological polar surface area (TPSA) is 89.3 Å². The first kappa shape index (κ1) is 14.8. The standard InChI is InChI=1S/C15H18N4O2/c1-10(2)21-12-7-5-11(6-8-12)18-15(20)13-4-3-9-17-14(13)19-16/h3-10H,16H2,1-2H3,(H,17,19)(H,18,20). The Labute approximate surface area is 123 Å². The fourth-order valence-corrected chi connectivity index (χ4v) is 1.79. The van der Waals surface area contributed by atoms with Gasteiger partial charge in [-0.05, 0) is 50.2 Å². The minimum absolute atomic E-state index is 0.110. The summed E-state index contributed by atoms with van der Waals surface area (Å²) in [4.78, 5) is 16.2. The van der Waals surface area contributed by atoms with E-state index in [1.165, 1.54) is 0 Å². The summed E-state index contributed by atoms with van der Waals surface area (Å²) in [5.74, 6) is 6.14. The van der Waals surface area contributed by atoms with Crippen molar-refractivity contribution in [2.24, 2.45) is 5.84 Å². The zero-order valence-corrected chi connectivity index (χ0v) is 12.0. The van der Waals surface area contributed by atoms with Gasteiger partial charge in [0.2, 0.25) is 0 Å². The fraction of sp³-hybridized carbons (Fsp3) is 0.200. The highest BCUT2D eigenvalue weighted by molar-refractivity contribution is 6.07. The van der Waals surface area contributed by atoms with Crippen LogP contribution < -0.4 is 21.3 Å². The van der Waals surface area contributed by atoms with E-state index >= 15 is 0 Å². The maximum atomic E-state index is 12.2. The molecule has 21 heavy (non-hydrogen) atoms. The van der Waals surface area contributed by atoms with Gasteiger partial charge >= 0.3 is 0 Å². The molecule has 110 valence electrons. The molecule has 0 saturated carbocycles. The normalized spacial score (nSPS) is 10.3. The third kappa shape index (κ3) is 3.93. The van der Waals surface area contributed by atoms with Gasteiger partial charge in [0.15, 0.2) is 5.82 Å². The summed E-state index contributed by atoms with van der Waals surface area (Å²) in [6, 6.07) is 10.5. The van der Waals surface area contributed by atoms with E-state index < -0.39 is 0 Å². The number of anilines is 2. The largest absolute Gasteiger partial charge is 0.491 e. The van der Waals surface area contributed by atoms with Crippen LogP contribution in [-0.2, 0) is 0 Å². The third-order valence-corrected chi connectivity index (χ3v) is 2.67. The molecule has 0 unspecified atom stereocenters. The van der Waals surface area contributed by atoms with Gasteiger partial charge in [0.05, 0.1) is 11.7 Å². The maximum absolute atomic E-state index is 12.2. The number of nitrogens with one attached hydrogen (secondary N) is 2. The van der Waals surface area contributed by atoms with Gasteiger partial charge in [-0.3, -0.25) is 4.79 Å². The number of carbonyl (C=O) groups is 1. The second kappa shape index (κ2) is 6.71. The quantitative estimate of drug-likeness (QED) is 0.580. The SMILES string of the molecule is CC(C)Oc1ccc(NC(=O)c2cccnc2NN)cc1. The Morgan fingerprint density at radius 3 is 2.57 bits per heavy atom. The minimum Gasteiger partial charge on any atom is -0.491 e. The Morgan fingerprint density at radius 2 is 1.95 bits per heavy atom. The summed E-state index contributed by atoms with van der Waals surface area (Å²) < 4.78 is 5.55. The van der Waals surface area contributed by atoms with Gasteiger partial charge in [-0.1, -0.05) is 0 Å². The van der Waals surface area contributed by atoms with Crippen LogP contribution in [0.15, 0.2) is 42.6 Å². The summed E-state index contributed by atoms with van der Waals surface area (Å²) >= 11 is 0. The number of pyridine rings is 1. The summed E-state index contributed by atoms with van der Waals surface area (Å²) in [5.41, 5.74) is 3.45. The van der Waals surface area contributed by atoms with Crippen LogP contribution >= 0.6 is 0 Å². The number of hydrazine groups is 1. The van der Waals surface area contributed by atoms with Crippen molar-refractivity contribution in [2.45, 2.75) is 20.0 Å². The lowest BCUT2D eigenvalue weighted by Crippen LogP contribution is -2.18. The molecule has 0 bridgehead atoms. The molecule has 0 aliphatic carbocycles. The lowest BCUT2D eigenvalue weighted by Gasteiger charge is -2.11. The molecule has 1 heterocycles. The summed E-state index contributed by atoms with van der Waals surface area (Å²) in [5, 5.41) is 2.78. The molecule has 6 nitrogen and oxygen atoms in total. The zero-order chi connectivity index (χ0) is 15.2. The predicted molar refractivity (Wildman–Crippen MR) is 82.2 cm³/mol. The van der Waals surface area contributed by atoms with Crippen molar-refractivity contribution < 1.29 is 9.53 Å². The lowest BCUT2D eigenvalue weighted by molar-refractivity contribution is 0.102. The lowest BCUT2D eigenvalue weighted by atomic mass is 10.2. The van der Waals surface area contributed by atoms with Gasteiger partial charge in [0.1, 0.15) is 5.75 Å². The number of rotatable bonds is 5. The van der Waals surface area contributed by atoms with E-state index in [1.807, 2.05) is 13.8 Å². The molecular weight excluding hydrogens is 268 g/mol. The van der Waals surface area contributed by atoms with Crippen LogP contribution in [0, 0.1) is 0 Å². The van der Waals surface area contributed by atoms with E-state index in [0.29, 0.717) is 17.1 Å².